The monoisotopic (exact) mass is 408 g/mol. The van der Waals surface area contributed by atoms with E-state index in [9.17, 15) is 14.4 Å². The number of nitrogens with one attached hydrogen (secondary N) is 2. The summed E-state index contributed by atoms with van der Waals surface area (Å²) in [6, 6.07) is 22.7. The average molecular weight is 408 g/mol. The van der Waals surface area contributed by atoms with E-state index in [1.165, 1.54) is 6.21 Å². The van der Waals surface area contributed by atoms with Gasteiger partial charge in [-0.1, -0.05) is 48.5 Å². The number of H-pyrrole nitrogens is 1. The molecule has 0 spiro atoms. The number of fused-ring (bicyclic) bond motifs is 2. The lowest BCUT2D eigenvalue weighted by Crippen LogP contribution is -2.36. The van der Waals surface area contributed by atoms with Crippen LogP contribution in [-0.4, -0.2) is 21.5 Å². The third-order valence-corrected chi connectivity index (χ3v) is 5.04. The van der Waals surface area contributed by atoms with Crippen LogP contribution < -0.4 is 16.6 Å². The topological polar surface area (TPSA) is 96.3 Å². The Bertz CT molecular complexity index is 1450. The standard InChI is InChI=1S/C24H16N4O3/c29-21(15-7-3-1-4-8-15)16-11-12-19-20(13-16)25-14-18-22(26-19)27-24(31)28(23(18)30)17-9-5-2-6-10-17/h1-14,26H,(H,27,31). The zero-order chi connectivity index (χ0) is 21.4. The van der Waals surface area contributed by atoms with Crippen molar-refractivity contribution in [2.75, 3.05) is 5.32 Å². The third-order valence-electron chi connectivity index (χ3n) is 5.04. The minimum atomic E-state index is -0.560. The van der Waals surface area contributed by atoms with Crippen LogP contribution in [0.3, 0.4) is 0 Å². The summed E-state index contributed by atoms with van der Waals surface area (Å²) in [5.41, 5.74) is 1.75. The summed E-state index contributed by atoms with van der Waals surface area (Å²) in [6.45, 7) is 0. The number of para-hydroxylation sites is 1. The molecule has 1 aromatic heterocycles. The molecule has 4 aromatic rings. The zero-order valence-corrected chi connectivity index (χ0v) is 16.2. The lowest BCUT2D eigenvalue weighted by Gasteiger charge is -2.11. The summed E-state index contributed by atoms with van der Waals surface area (Å²) in [5.74, 6) is 0.131. The van der Waals surface area contributed by atoms with E-state index in [-0.39, 0.29) is 17.2 Å². The van der Waals surface area contributed by atoms with E-state index in [4.69, 9.17) is 0 Å². The number of carbonyl (C=O) groups is 1. The van der Waals surface area contributed by atoms with Crippen molar-refractivity contribution in [2.45, 2.75) is 0 Å². The predicted molar refractivity (Wildman–Crippen MR) is 120 cm³/mol. The zero-order valence-electron chi connectivity index (χ0n) is 16.2. The molecule has 0 radical (unpaired) electrons. The number of carbonyl (C=O) groups excluding carboxylic acids is 1. The number of hydrogen-bond donors (Lipinski definition) is 2. The molecule has 3 aromatic carbocycles. The Morgan fingerprint density at radius 2 is 1.55 bits per heavy atom. The molecule has 0 bridgehead atoms. The van der Waals surface area contributed by atoms with Gasteiger partial charge in [-0.25, -0.2) is 9.36 Å². The summed E-state index contributed by atoms with van der Waals surface area (Å²) in [6.07, 6.45) is 1.41. The molecule has 7 heteroatoms. The molecule has 31 heavy (non-hydrogen) atoms. The van der Waals surface area contributed by atoms with E-state index >= 15 is 0 Å². The van der Waals surface area contributed by atoms with E-state index < -0.39 is 11.2 Å². The second-order valence-corrected chi connectivity index (χ2v) is 7.01. The number of rotatable bonds is 3. The molecule has 2 heterocycles. The van der Waals surface area contributed by atoms with Crippen molar-refractivity contribution < 1.29 is 4.79 Å². The van der Waals surface area contributed by atoms with Crippen LogP contribution in [0, 0.1) is 0 Å². The Morgan fingerprint density at radius 1 is 0.839 bits per heavy atom. The van der Waals surface area contributed by atoms with Crippen molar-refractivity contribution >= 4 is 29.2 Å². The number of aromatic amines is 1. The number of anilines is 2. The predicted octanol–water partition coefficient (Wildman–Crippen LogP) is 3.56. The van der Waals surface area contributed by atoms with Gasteiger partial charge in [-0.2, -0.15) is 0 Å². The molecule has 0 fully saturated rings. The van der Waals surface area contributed by atoms with Crippen molar-refractivity contribution in [1.29, 1.82) is 0 Å². The van der Waals surface area contributed by atoms with Gasteiger partial charge in [0.2, 0.25) is 0 Å². The smallest absolute Gasteiger partial charge is 0.334 e. The van der Waals surface area contributed by atoms with Crippen LogP contribution in [0.5, 0.6) is 0 Å². The van der Waals surface area contributed by atoms with Crippen molar-refractivity contribution in [2.24, 2.45) is 4.99 Å². The van der Waals surface area contributed by atoms with E-state index in [2.05, 4.69) is 15.3 Å². The molecular weight excluding hydrogens is 392 g/mol. The molecular formula is C24H16N4O3. The Kier molecular flexibility index (Phi) is 4.41. The van der Waals surface area contributed by atoms with Gasteiger partial charge in [0.25, 0.3) is 5.56 Å². The largest absolute Gasteiger partial charge is 0.339 e. The van der Waals surface area contributed by atoms with Gasteiger partial charge >= 0.3 is 5.69 Å². The van der Waals surface area contributed by atoms with E-state index in [0.29, 0.717) is 28.2 Å². The van der Waals surface area contributed by atoms with Crippen LogP contribution in [-0.2, 0) is 0 Å². The number of nitrogens with zero attached hydrogens (tertiary/aromatic N) is 2. The maximum absolute atomic E-state index is 13.1. The van der Waals surface area contributed by atoms with Crippen LogP contribution in [0.15, 0.2) is 93.4 Å². The highest BCUT2D eigenvalue weighted by molar-refractivity contribution is 6.10. The number of hydrogen-bond acceptors (Lipinski definition) is 5. The van der Waals surface area contributed by atoms with E-state index in [1.54, 1.807) is 72.8 Å². The number of benzene rings is 3. The molecule has 5 rings (SSSR count). The lowest BCUT2D eigenvalue weighted by molar-refractivity contribution is 0.103. The number of aliphatic imine (C=N–C) groups is 1. The fourth-order valence-corrected chi connectivity index (χ4v) is 3.49. The summed E-state index contributed by atoms with van der Waals surface area (Å²) < 4.78 is 1.06. The third kappa shape index (κ3) is 3.28. The molecule has 0 unspecified atom stereocenters. The van der Waals surface area contributed by atoms with Gasteiger partial charge in [-0.3, -0.25) is 19.6 Å². The highest BCUT2D eigenvalue weighted by Crippen LogP contribution is 2.32. The molecule has 0 saturated heterocycles. The van der Waals surface area contributed by atoms with E-state index in [1.807, 2.05) is 6.07 Å². The minimum absolute atomic E-state index is 0.125. The quantitative estimate of drug-likeness (QED) is 0.446. The lowest BCUT2D eigenvalue weighted by atomic mass is 10.0. The first-order valence-corrected chi connectivity index (χ1v) is 9.61. The molecule has 0 aliphatic carbocycles. The summed E-state index contributed by atoms with van der Waals surface area (Å²) in [5, 5.41) is 3.06. The maximum Gasteiger partial charge on any atom is 0.334 e. The van der Waals surface area contributed by atoms with Crippen LogP contribution in [0.1, 0.15) is 21.5 Å². The Hall–Kier alpha value is -4.52. The van der Waals surface area contributed by atoms with E-state index in [0.717, 1.165) is 4.57 Å². The van der Waals surface area contributed by atoms with Crippen molar-refractivity contribution in [3.05, 3.63) is 116 Å². The van der Waals surface area contributed by atoms with Crippen LogP contribution in [0.25, 0.3) is 5.69 Å². The molecule has 1 aliphatic heterocycles. The highest BCUT2D eigenvalue weighted by Gasteiger charge is 2.19. The first kappa shape index (κ1) is 18.5. The first-order valence-electron chi connectivity index (χ1n) is 9.61. The fraction of sp³-hybridized carbons (Fsp3) is 0. The van der Waals surface area contributed by atoms with Gasteiger partial charge in [-0.15, -0.1) is 0 Å². The molecule has 2 N–H and O–H groups in total. The van der Waals surface area contributed by atoms with Crippen molar-refractivity contribution in [3.63, 3.8) is 0 Å². The second kappa shape index (κ2) is 7.38. The molecule has 1 aliphatic rings. The molecule has 0 atom stereocenters. The van der Waals surface area contributed by atoms with Crippen LogP contribution >= 0.6 is 0 Å². The summed E-state index contributed by atoms with van der Waals surface area (Å²) >= 11 is 0. The van der Waals surface area contributed by atoms with Crippen molar-refractivity contribution in [1.82, 2.24) is 9.55 Å². The molecule has 0 saturated carbocycles. The van der Waals surface area contributed by atoms with Gasteiger partial charge in [0.05, 0.1) is 22.6 Å². The molecule has 150 valence electrons. The fourth-order valence-electron chi connectivity index (χ4n) is 3.49. The van der Waals surface area contributed by atoms with Gasteiger partial charge < -0.3 is 5.32 Å². The van der Waals surface area contributed by atoms with Crippen LogP contribution in [0.2, 0.25) is 0 Å². The van der Waals surface area contributed by atoms with Crippen LogP contribution in [0.4, 0.5) is 17.2 Å². The SMILES string of the molecule is O=C(c1ccccc1)c1ccc2c(c1)N=Cc1c([nH]c(=O)n(-c3ccccc3)c1=O)N2. The Labute approximate surface area is 176 Å². The molecule has 7 nitrogen and oxygen atoms in total. The van der Waals surface area contributed by atoms with Gasteiger partial charge in [0.1, 0.15) is 5.82 Å². The average Bonchev–Trinajstić information content (AvgIpc) is 2.98. The molecule has 0 amide bonds. The minimum Gasteiger partial charge on any atom is -0.339 e. The Balaban J connectivity index is 1.59. The summed E-state index contributed by atoms with van der Waals surface area (Å²) in [7, 11) is 0. The maximum atomic E-state index is 13.1. The van der Waals surface area contributed by atoms with Gasteiger partial charge in [0.15, 0.2) is 5.78 Å². The summed E-state index contributed by atoms with van der Waals surface area (Å²) in [4.78, 5) is 45.6. The van der Waals surface area contributed by atoms with Gasteiger partial charge in [0, 0.05) is 17.3 Å². The Morgan fingerprint density at radius 3 is 2.29 bits per heavy atom. The first-order chi connectivity index (χ1) is 15.1. The number of ketones is 1. The van der Waals surface area contributed by atoms with Crippen molar-refractivity contribution in [3.8, 4) is 5.69 Å². The second-order valence-electron chi connectivity index (χ2n) is 7.01. The number of aromatic nitrogens is 2. The highest BCUT2D eigenvalue weighted by atomic mass is 16.2. The normalized spacial score (nSPS) is 11.7. The van der Waals surface area contributed by atoms with Gasteiger partial charge in [-0.05, 0) is 30.3 Å².